The van der Waals surface area contributed by atoms with Crippen molar-refractivity contribution in [2.24, 2.45) is 0 Å². The largest absolute Gasteiger partial charge is 0.462 e. The van der Waals surface area contributed by atoms with Gasteiger partial charge < -0.3 is 19.6 Å². The smallest absolute Gasteiger partial charge is 0.244 e. The van der Waals surface area contributed by atoms with E-state index in [0.29, 0.717) is 18.7 Å². The van der Waals surface area contributed by atoms with Crippen LogP contribution in [-0.4, -0.2) is 37.4 Å². The summed E-state index contributed by atoms with van der Waals surface area (Å²) >= 11 is 0. The molecule has 0 saturated carbocycles. The first kappa shape index (κ1) is 14.5. The van der Waals surface area contributed by atoms with E-state index >= 15 is 0 Å². The summed E-state index contributed by atoms with van der Waals surface area (Å²) in [5, 5.41) is 12.0. The minimum absolute atomic E-state index is 0.214. The first-order valence-corrected chi connectivity index (χ1v) is 5.81. The lowest BCUT2D eigenvalue weighted by atomic mass is 10.2. The van der Waals surface area contributed by atoms with Crippen LogP contribution in [0, 0.1) is 6.92 Å². The number of furan rings is 1. The van der Waals surface area contributed by atoms with Gasteiger partial charge in [-0.25, -0.2) is 0 Å². The molecule has 1 unspecified atom stereocenters. The fourth-order valence-corrected chi connectivity index (χ4v) is 1.40. The second-order valence-electron chi connectivity index (χ2n) is 3.97. The molecule has 1 aromatic heterocycles. The van der Waals surface area contributed by atoms with Crippen molar-refractivity contribution in [2.45, 2.75) is 19.4 Å². The van der Waals surface area contributed by atoms with Gasteiger partial charge in [0.05, 0.1) is 12.7 Å². The van der Waals surface area contributed by atoms with Gasteiger partial charge in [-0.05, 0) is 31.6 Å². The standard InChI is InChI=1S/C13H19NO4/c1-10-3-4-12(18-10)5-6-13(16)14-8-7-11(15)9-17-2/h3-6,11,15H,7-9H2,1-2H3,(H,14,16)/b6-5+. The number of hydrogen-bond donors (Lipinski definition) is 2. The van der Waals surface area contributed by atoms with Crippen LogP contribution >= 0.6 is 0 Å². The Labute approximate surface area is 106 Å². The molecule has 100 valence electrons. The average Bonchev–Trinajstić information content (AvgIpc) is 2.73. The topological polar surface area (TPSA) is 71.7 Å². The molecule has 0 fully saturated rings. The lowest BCUT2D eigenvalue weighted by Gasteiger charge is -2.08. The highest BCUT2D eigenvalue weighted by Crippen LogP contribution is 2.07. The van der Waals surface area contributed by atoms with E-state index in [2.05, 4.69) is 5.32 Å². The Morgan fingerprint density at radius 3 is 3.00 bits per heavy atom. The van der Waals surface area contributed by atoms with E-state index in [0.717, 1.165) is 5.76 Å². The monoisotopic (exact) mass is 253 g/mol. The minimum Gasteiger partial charge on any atom is -0.462 e. The molecule has 0 radical (unpaired) electrons. The summed E-state index contributed by atoms with van der Waals surface area (Å²) in [5.41, 5.74) is 0. The van der Waals surface area contributed by atoms with Gasteiger partial charge in [0.25, 0.3) is 0 Å². The molecule has 18 heavy (non-hydrogen) atoms. The highest BCUT2D eigenvalue weighted by molar-refractivity contribution is 5.91. The van der Waals surface area contributed by atoms with Crippen molar-refractivity contribution in [1.82, 2.24) is 5.32 Å². The molecule has 1 rings (SSSR count). The lowest BCUT2D eigenvalue weighted by Crippen LogP contribution is -2.27. The summed E-state index contributed by atoms with van der Waals surface area (Å²) in [6, 6.07) is 3.63. The van der Waals surface area contributed by atoms with E-state index in [4.69, 9.17) is 9.15 Å². The Bertz CT molecular complexity index is 397. The molecular formula is C13H19NO4. The van der Waals surface area contributed by atoms with Crippen molar-refractivity contribution in [1.29, 1.82) is 0 Å². The number of nitrogens with one attached hydrogen (secondary N) is 1. The van der Waals surface area contributed by atoms with Crippen LogP contribution in [0.25, 0.3) is 6.08 Å². The molecule has 0 aliphatic rings. The van der Waals surface area contributed by atoms with Gasteiger partial charge in [0.15, 0.2) is 0 Å². The van der Waals surface area contributed by atoms with Crippen molar-refractivity contribution in [3.05, 3.63) is 29.7 Å². The quantitative estimate of drug-likeness (QED) is 0.714. The molecule has 0 spiro atoms. The Hall–Kier alpha value is -1.59. The van der Waals surface area contributed by atoms with Crippen LogP contribution in [-0.2, 0) is 9.53 Å². The van der Waals surface area contributed by atoms with Crippen molar-refractivity contribution in [3.63, 3.8) is 0 Å². The molecule has 5 heteroatoms. The molecule has 0 saturated heterocycles. The number of carbonyl (C=O) groups is 1. The Morgan fingerprint density at radius 1 is 1.61 bits per heavy atom. The first-order chi connectivity index (χ1) is 8.61. The van der Waals surface area contributed by atoms with Crippen molar-refractivity contribution < 1.29 is 19.1 Å². The third-order valence-electron chi connectivity index (χ3n) is 2.30. The summed E-state index contributed by atoms with van der Waals surface area (Å²) in [6.45, 7) is 2.52. The van der Waals surface area contributed by atoms with Gasteiger partial charge in [0.1, 0.15) is 11.5 Å². The molecule has 0 aromatic carbocycles. The number of methoxy groups -OCH3 is 1. The van der Waals surface area contributed by atoms with Crippen LogP contribution in [0.4, 0.5) is 0 Å². The fourth-order valence-electron chi connectivity index (χ4n) is 1.40. The number of carbonyl (C=O) groups excluding carboxylic acids is 1. The van der Waals surface area contributed by atoms with Gasteiger partial charge in [0.2, 0.25) is 5.91 Å². The molecule has 5 nitrogen and oxygen atoms in total. The third kappa shape index (κ3) is 5.65. The van der Waals surface area contributed by atoms with Crippen LogP contribution in [0.15, 0.2) is 22.6 Å². The van der Waals surface area contributed by atoms with Crippen molar-refractivity contribution in [3.8, 4) is 0 Å². The maximum Gasteiger partial charge on any atom is 0.244 e. The number of ether oxygens (including phenoxy) is 1. The van der Waals surface area contributed by atoms with Crippen molar-refractivity contribution >= 4 is 12.0 Å². The molecule has 0 aliphatic carbocycles. The Morgan fingerprint density at radius 2 is 2.39 bits per heavy atom. The SMILES string of the molecule is COCC(O)CCNC(=O)/C=C/c1ccc(C)o1. The van der Waals surface area contributed by atoms with E-state index in [1.807, 2.05) is 13.0 Å². The van der Waals surface area contributed by atoms with Gasteiger partial charge in [-0.2, -0.15) is 0 Å². The van der Waals surface area contributed by atoms with E-state index in [1.54, 1.807) is 12.1 Å². The predicted molar refractivity (Wildman–Crippen MR) is 68.0 cm³/mol. The second-order valence-corrected chi connectivity index (χ2v) is 3.97. The van der Waals surface area contributed by atoms with Crippen molar-refractivity contribution in [2.75, 3.05) is 20.3 Å². The number of rotatable bonds is 7. The Balaban J connectivity index is 2.23. The molecule has 0 bridgehead atoms. The lowest BCUT2D eigenvalue weighted by molar-refractivity contribution is -0.116. The predicted octanol–water partition coefficient (Wildman–Crippen LogP) is 1.11. The van der Waals surface area contributed by atoms with Crippen LogP contribution in [0.3, 0.4) is 0 Å². The zero-order chi connectivity index (χ0) is 13.4. The number of aryl methyl sites for hydroxylation is 1. The summed E-state index contributed by atoms with van der Waals surface area (Å²) in [5.74, 6) is 1.23. The van der Waals surface area contributed by atoms with Gasteiger partial charge in [0, 0.05) is 19.7 Å². The molecule has 2 N–H and O–H groups in total. The summed E-state index contributed by atoms with van der Waals surface area (Å²) in [7, 11) is 1.52. The van der Waals surface area contributed by atoms with Gasteiger partial charge in [-0.3, -0.25) is 4.79 Å². The van der Waals surface area contributed by atoms with Gasteiger partial charge >= 0.3 is 0 Å². The van der Waals surface area contributed by atoms with Gasteiger partial charge in [-0.15, -0.1) is 0 Å². The maximum absolute atomic E-state index is 11.4. The molecule has 1 aromatic rings. The van der Waals surface area contributed by atoms with E-state index in [-0.39, 0.29) is 12.5 Å². The summed E-state index contributed by atoms with van der Waals surface area (Å²) in [4.78, 5) is 11.4. The van der Waals surface area contributed by atoms with E-state index < -0.39 is 6.10 Å². The van der Waals surface area contributed by atoms with Gasteiger partial charge in [-0.1, -0.05) is 0 Å². The van der Waals surface area contributed by atoms with Crippen LogP contribution < -0.4 is 5.32 Å². The summed E-state index contributed by atoms with van der Waals surface area (Å²) in [6.07, 6.45) is 2.93. The normalized spacial score (nSPS) is 12.8. The summed E-state index contributed by atoms with van der Waals surface area (Å²) < 4.78 is 10.1. The zero-order valence-corrected chi connectivity index (χ0v) is 10.7. The fraction of sp³-hybridized carbons (Fsp3) is 0.462. The molecule has 1 amide bonds. The van der Waals surface area contributed by atoms with Crippen LogP contribution in [0.5, 0.6) is 0 Å². The number of hydrogen-bond acceptors (Lipinski definition) is 4. The second kappa shape index (κ2) is 7.68. The average molecular weight is 253 g/mol. The minimum atomic E-state index is -0.549. The Kier molecular flexibility index (Phi) is 6.18. The van der Waals surface area contributed by atoms with E-state index in [1.165, 1.54) is 13.2 Å². The molecule has 0 aliphatic heterocycles. The highest BCUT2D eigenvalue weighted by Gasteiger charge is 2.03. The van der Waals surface area contributed by atoms with E-state index in [9.17, 15) is 9.90 Å². The third-order valence-corrected chi connectivity index (χ3v) is 2.30. The number of aliphatic hydroxyl groups is 1. The molecule has 1 atom stereocenters. The maximum atomic E-state index is 11.4. The van der Waals surface area contributed by atoms with Crippen LogP contribution in [0.2, 0.25) is 0 Å². The molecular weight excluding hydrogens is 234 g/mol. The zero-order valence-electron chi connectivity index (χ0n) is 10.7. The van der Waals surface area contributed by atoms with Crippen LogP contribution in [0.1, 0.15) is 17.9 Å². The molecule has 1 heterocycles. The number of amides is 1. The first-order valence-electron chi connectivity index (χ1n) is 5.81. The highest BCUT2D eigenvalue weighted by atomic mass is 16.5. The number of aliphatic hydroxyl groups excluding tert-OH is 1.